The quantitative estimate of drug-likeness (QED) is 0.221. The molecule has 0 unspecified atom stereocenters. The number of aromatic nitrogens is 3. The van der Waals surface area contributed by atoms with Crippen LogP contribution in [0.5, 0.6) is 0 Å². The van der Waals surface area contributed by atoms with Crippen molar-refractivity contribution in [2.75, 3.05) is 44.9 Å². The van der Waals surface area contributed by atoms with E-state index in [1.165, 1.54) is 5.56 Å². The van der Waals surface area contributed by atoms with Gasteiger partial charge in [0.1, 0.15) is 5.69 Å². The number of para-hydroxylation sites is 2. The standard InChI is InChI=1S/C25H28ClN5S.3ClH/c1-29(16-14-19-9-5-4-6-10-19)17-18-30(2)22-13-15-27-24(23(22)26)25-28-20-11-7-8-12-21(20)31(25)32-3;;;/h4-13,15H,14,16-18H2,1-3H3;3*1H. The topological polar surface area (TPSA) is 37.2 Å². The van der Waals surface area contributed by atoms with Gasteiger partial charge in [0.05, 0.1) is 21.7 Å². The first-order valence-electron chi connectivity index (χ1n) is 10.7. The molecule has 0 aliphatic rings. The second-order valence-corrected chi connectivity index (χ2v) is 8.96. The van der Waals surface area contributed by atoms with Crippen molar-refractivity contribution in [1.82, 2.24) is 18.8 Å². The van der Waals surface area contributed by atoms with Gasteiger partial charge in [-0.25, -0.2) is 4.98 Å². The fourth-order valence-corrected chi connectivity index (χ4v) is 4.73. The molecule has 4 rings (SSSR count). The van der Waals surface area contributed by atoms with E-state index in [2.05, 4.69) is 69.2 Å². The van der Waals surface area contributed by atoms with Gasteiger partial charge in [-0.05, 0) is 49.2 Å². The number of halogens is 4. The Bertz CT molecular complexity index is 1190. The third-order valence-electron chi connectivity index (χ3n) is 5.64. The molecule has 0 spiro atoms. The summed E-state index contributed by atoms with van der Waals surface area (Å²) in [4.78, 5) is 13.9. The first kappa shape index (κ1) is 31.4. The summed E-state index contributed by atoms with van der Waals surface area (Å²) in [5, 5.41) is 0.632. The summed E-state index contributed by atoms with van der Waals surface area (Å²) in [5.74, 6) is 0.777. The fourth-order valence-electron chi connectivity index (χ4n) is 3.74. The third-order valence-corrected chi connectivity index (χ3v) is 6.74. The van der Waals surface area contributed by atoms with Gasteiger partial charge in [0.25, 0.3) is 0 Å². The molecule has 0 atom stereocenters. The number of imidazole rings is 1. The molecule has 0 bridgehead atoms. The molecule has 5 nitrogen and oxygen atoms in total. The normalized spacial score (nSPS) is 10.4. The highest BCUT2D eigenvalue weighted by molar-refractivity contribution is 7.97. The zero-order valence-electron chi connectivity index (χ0n) is 19.9. The summed E-state index contributed by atoms with van der Waals surface area (Å²) < 4.78 is 2.09. The van der Waals surface area contributed by atoms with E-state index >= 15 is 0 Å². The Labute approximate surface area is 235 Å². The Morgan fingerprint density at radius 3 is 2.29 bits per heavy atom. The molecule has 2 heterocycles. The Kier molecular flexibility index (Phi) is 13.2. The molecule has 0 saturated carbocycles. The van der Waals surface area contributed by atoms with Crippen molar-refractivity contribution < 1.29 is 0 Å². The van der Waals surface area contributed by atoms with Gasteiger partial charge in [-0.3, -0.25) is 8.96 Å². The number of rotatable bonds is 9. The van der Waals surface area contributed by atoms with E-state index in [1.54, 1.807) is 11.9 Å². The molecule has 0 saturated heterocycles. The number of hydrogen-bond donors (Lipinski definition) is 0. The predicted octanol–water partition coefficient (Wildman–Crippen LogP) is 6.75. The van der Waals surface area contributed by atoms with Crippen LogP contribution in [0.1, 0.15) is 5.56 Å². The Hall–Kier alpha value is -1.67. The summed E-state index contributed by atoms with van der Waals surface area (Å²) >= 11 is 8.47. The maximum atomic E-state index is 6.87. The lowest BCUT2D eigenvalue weighted by Crippen LogP contribution is -2.32. The third kappa shape index (κ3) is 7.42. The Morgan fingerprint density at radius 2 is 1.57 bits per heavy atom. The SMILES string of the molecule is CSn1c(-c2nccc(N(C)CCN(C)CCc3ccccc3)c2Cl)nc2ccccc21.Cl.Cl.Cl. The lowest BCUT2D eigenvalue weighted by Gasteiger charge is -2.25. The van der Waals surface area contributed by atoms with Crippen molar-refractivity contribution in [3.63, 3.8) is 0 Å². The number of pyridine rings is 1. The number of nitrogens with zero attached hydrogens (tertiary/aromatic N) is 5. The van der Waals surface area contributed by atoms with Crippen LogP contribution in [0.4, 0.5) is 5.69 Å². The smallest absolute Gasteiger partial charge is 0.171 e. The summed E-state index contributed by atoms with van der Waals surface area (Å²) in [6.45, 7) is 2.83. The summed E-state index contributed by atoms with van der Waals surface area (Å²) in [6.07, 6.45) is 4.90. The van der Waals surface area contributed by atoms with Crippen molar-refractivity contribution in [3.05, 3.63) is 77.4 Å². The first-order chi connectivity index (χ1) is 15.6. The second kappa shape index (κ2) is 14.8. The van der Waals surface area contributed by atoms with Crippen molar-refractivity contribution in [2.45, 2.75) is 6.42 Å². The number of anilines is 1. The highest BCUT2D eigenvalue weighted by atomic mass is 35.5. The molecule has 0 aliphatic heterocycles. The van der Waals surface area contributed by atoms with Gasteiger partial charge in [0, 0.05) is 39.1 Å². The van der Waals surface area contributed by atoms with Crippen LogP contribution < -0.4 is 4.90 Å². The van der Waals surface area contributed by atoms with E-state index < -0.39 is 0 Å². The van der Waals surface area contributed by atoms with Crippen LogP contribution >= 0.6 is 60.8 Å². The Morgan fingerprint density at radius 1 is 0.886 bits per heavy atom. The van der Waals surface area contributed by atoms with Crippen molar-refractivity contribution >= 4 is 77.5 Å². The average molecular weight is 575 g/mol. The molecule has 190 valence electrons. The van der Waals surface area contributed by atoms with Gasteiger partial charge in [-0.2, -0.15) is 0 Å². The zero-order valence-corrected chi connectivity index (χ0v) is 23.9. The maximum Gasteiger partial charge on any atom is 0.171 e. The summed E-state index contributed by atoms with van der Waals surface area (Å²) in [7, 11) is 4.24. The van der Waals surface area contributed by atoms with Gasteiger partial charge in [0.2, 0.25) is 0 Å². The zero-order chi connectivity index (χ0) is 22.5. The molecule has 35 heavy (non-hydrogen) atoms. The van der Waals surface area contributed by atoms with Crippen molar-refractivity contribution in [2.24, 2.45) is 0 Å². The number of fused-ring (bicyclic) bond motifs is 1. The predicted molar refractivity (Wildman–Crippen MR) is 160 cm³/mol. The Balaban J connectivity index is 0.00000204. The van der Waals surface area contributed by atoms with Crippen LogP contribution in [0.3, 0.4) is 0 Å². The summed E-state index contributed by atoms with van der Waals surface area (Å²) in [5.41, 5.74) is 5.04. The molecule has 0 aliphatic carbocycles. The molecular formula is C25H31Cl4N5S. The average Bonchev–Trinajstić information content (AvgIpc) is 3.20. The van der Waals surface area contributed by atoms with E-state index in [-0.39, 0.29) is 37.2 Å². The van der Waals surface area contributed by atoms with Gasteiger partial charge >= 0.3 is 0 Å². The largest absolute Gasteiger partial charge is 0.372 e. The monoisotopic (exact) mass is 573 g/mol. The molecule has 0 amide bonds. The van der Waals surface area contributed by atoms with E-state index in [9.17, 15) is 0 Å². The van der Waals surface area contributed by atoms with Crippen molar-refractivity contribution in [3.8, 4) is 11.5 Å². The highest BCUT2D eigenvalue weighted by Gasteiger charge is 2.19. The van der Waals surface area contributed by atoms with Crippen LogP contribution in [0.2, 0.25) is 5.02 Å². The molecule has 2 aromatic carbocycles. The first-order valence-corrected chi connectivity index (χ1v) is 12.2. The van der Waals surface area contributed by atoms with E-state index in [0.717, 1.165) is 48.6 Å². The minimum Gasteiger partial charge on any atom is -0.372 e. The van der Waals surface area contributed by atoms with Gasteiger partial charge < -0.3 is 9.80 Å². The second-order valence-electron chi connectivity index (χ2n) is 7.85. The van der Waals surface area contributed by atoms with Gasteiger partial charge in [-0.15, -0.1) is 37.2 Å². The molecule has 4 aromatic rings. The lowest BCUT2D eigenvalue weighted by atomic mass is 10.1. The molecule has 2 aromatic heterocycles. The van der Waals surface area contributed by atoms with Crippen molar-refractivity contribution in [1.29, 1.82) is 0 Å². The van der Waals surface area contributed by atoms with Crippen LogP contribution in [0.25, 0.3) is 22.6 Å². The van der Waals surface area contributed by atoms with Crippen LogP contribution in [-0.4, -0.2) is 58.8 Å². The molecule has 0 N–H and O–H groups in total. The van der Waals surface area contributed by atoms with Crippen LogP contribution in [-0.2, 0) is 6.42 Å². The van der Waals surface area contributed by atoms with Crippen LogP contribution in [0, 0.1) is 0 Å². The minimum absolute atomic E-state index is 0. The lowest BCUT2D eigenvalue weighted by molar-refractivity contribution is 0.346. The summed E-state index contributed by atoms with van der Waals surface area (Å²) in [6, 6.07) is 20.7. The molecule has 10 heteroatoms. The number of benzene rings is 2. The van der Waals surface area contributed by atoms with Gasteiger partial charge in [0.15, 0.2) is 5.82 Å². The van der Waals surface area contributed by atoms with E-state index in [1.807, 2.05) is 36.7 Å². The van der Waals surface area contributed by atoms with E-state index in [4.69, 9.17) is 16.6 Å². The number of hydrogen-bond acceptors (Lipinski definition) is 5. The molecule has 0 radical (unpaired) electrons. The van der Waals surface area contributed by atoms with Crippen LogP contribution in [0.15, 0.2) is 66.9 Å². The van der Waals surface area contributed by atoms with E-state index in [0.29, 0.717) is 10.7 Å². The highest BCUT2D eigenvalue weighted by Crippen LogP contribution is 2.36. The minimum atomic E-state index is 0. The fraction of sp³-hybridized carbons (Fsp3) is 0.280. The molecule has 0 fully saturated rings. The number of likely N-dealkylation sites (N-methyl/N-ethyl adjacent to an activating group) is 2. The molecular weight excluding hydrogens is 544 g/mol. The van der Waals surface area contributed by atoms with Gasteiger partial charge in [-0.1, -0.05) is 54.1 Å². The maximum absolute atomic E-state index is 6.87.